The molecule has 0 atom stereocenters. The van der Waals surface area contributed by atoms with Crippen molar-refractivity contribution in [1.29, 1.82) is 5.41 Å². The molecule has 1 fully saturated rings. The number of fused-ring (bicyclic) bond motifs is 1. The smallest absolute Gasteiger partial charge is 0.410 e. The molecule has 10 heteroatoms. The highest BCUT2D eigenvalue weighted by Crippen LogP contribution is 2.26. The lowest BCUT2D eigenvalue weighted by atomic mass is 9.96. The van der Waals surface area contributed by atoms with Crippen molar-refractivity contribution in [3.63, 3.8) is 0 Å². The number of anilines is 1. The molecule has 0 saturated heterocycles. The summed E-state index contributed by atoms with van der Waals surface area (Å²) in [6.45, 7) is 4.39. The Balaban J connectivity index is 1.47. The Morgan fingerprint density at radius 3 is 2.71 bits per heavy atom. The minimum Gasteiger partial charge on any atom is -0.446 e. The van der Waals surface area contributed by atoms with Crippen LogP contribution in [0.1, 0.15) is 66.7 Å². The number of aromatic nitrogens is 1. The Hall–Kier alpha value is -3.53. The highest BCUT2D eigenvalue weighted by atomic mass is 19.1. The number of hydrazine groups is 1. The summed E-state index contributed by atoms with van der Waals surface area (Å²) in [6, 6.07) is 7.54. The lowest BCUT2D eigenvalue weighted by molar-refractivity contribution is 0.0618. The van der Waals surface area contributed by atoms with Crippen molar-refractivity contribution in [3.8, 4) is 0 Å². The molecule has 1 aromatic heterocycles. The number of pyridine rings is 1. The van der Waals surface area contributed by atoms with Crippen LogP contribution in [0.5, 0.6) is 0 Å². The molecule has 0 spiro atoms. The summed E-state index contributed by atoms with van der Waals surface area (Å²) in [5.41, 5.74) is 1.63. The number of amidine groups is 1. The normalized spacial score (nSPS) is 15.6. The van der Waals surface area contributed by atoms with Crippen molar-refractivity contribution < 1.29 is 18.7 Å². The van der Waals surface area contributed by atoms with Gasteiger partial charge in [-0.1, -0.05) is 6.07 Å². The monoisotopic (exact) mass is 482 g/mol. The molecule has 1 aromatic carbocycles. The predicted octanol–water partition coefficient (Wildman–Crippen LogP) is 3.82. The zero-order valence-electron chi connectivity index (χ0n) is 20.0. The molecule has 0 unspecified atom stereocenters. The third-order valence-electron chi connectivity index (χ3n) is 6.42. The molecule has 2 heterocycles. The second-order valence-corrected chi connectivity index (χ2v) is 9.27. The van der Waals surface area contributed by atoms with Gasteiger partial charge in [0.1, 0.15) is 23.4 Å². The Morgan fingerprint density at radius 1 is 1.26 bits per heavy atom. The minimum atomic E-state index is -0.666. The van der Waals surface area contributed by atoms with Gasteiger partial charge < -0.3 is 15.0 Å². The maximum absolute atomic E-state index is 14.8. The lowest BCUT2D eigenvalue weighted by Gasteiger charge is -2.29. The highest BCUT2D eigenvalue weighted by Gasteiger charge is 2.27. The third kappa shape index (κ3) is 5.59. The quantitative estimate of drug-likeness (QED) is 0.258. The van der Waals surface area contributed by atoms with E-state index in [9.17, 15) is 14.0 Å². The highest BCUT2D eigenvalue weighted by molar-refractivity contribution is 6.04. The molecule has 1 aliphatic heterocycles. The summed E-state index contributed by atoms with van der Waals surface area (Å²) >= 11 is 0. The maximum atomic E-state index is 14.8. The molecule has 0 radical (unpaired) electrons. The standard InChI is InChI=1S/C25H31FN6O3/c1-15(2)32(28)23(27)21-8-5-9-22(29-21)30-24(33)19-12-17-14-31(11-10-16(17)13-20(19)26)25(34)35-18-6-3-4-7-18/h5,8-9,12-13,15,18,27H,3-4,6-7,10-11,14,28H2,1-2H3,(H,29,30,33). The van der Waals surface area contributed by atoms with E-state index in [0.29, 0.717) is 18.5 Å². The van der Waals surface area contributed by atoms with Gasteiger partial charge in [-0.3, -0.25) is 15.2 Å². The van der Waals surface area contributed by atoms with E-state index in [-0.39, 0.29) is 47.7 Å². The Bertz CT molecular complexity index is 1130. The van der Waals surface area contributed by atoms with Crippen LogP contribution in [-0.4, -0.2) is 51.4 Å². The molecule has 4 rings (SSSR count). The number of amides is 2. The van der Waals surface area contributed by atoms with Crippen LogP contribution in [0.4, 0.5) is 15.0 Å². The van der Waals surface area contributed by atoms with Crippen LogP contribution in [0.2, 0.25) is 0 Å². The summed E-state index contributed by atoms with van der Waals surface area (Å²) < 4.78 is 20.4. The first kappa shape index (κ1) is 24.6. The molecular formula is C25H31FN6O3. The van der Waals surface area contributed by atoms with Crippen molar-refractivity contribution in [3.05, 3.63) is 58.5 Å². The lowest BCUT2D eigenvalue weighted by Crippen LogP contribution is -2.43. The van der Waals surface area contributed by atoms with Gasteiger partial charge in [-0.15, -0.1) is 0 Å². The average molecular weight is 483 g/mol. The molecule has 4 N–H and O–H groups in total. The number of benzene rings is 1. The predicted molar refractivity (Wildman–Crippen MR) is 129 cm³/mol. The molecule has 0 bridgehead atoms. The SMILES string of the molecule is CC(C)N(N)C(=N)c1cccc(NC(=O)c2cc3c(cc2F)CCN(C(=O)OC2CCCC2)C3)n1. The van der Waals surface area contributed by atoms with E-state index in [4.69, 9.17) is 16.0 Å². The van der Waals surface area contributed by atoms with E-state index in [1.165, 1.54) is 17.1 Å². The summed E-state index contributed by atoms with van der Waals surface area (Å²) in [5, 5.41) is 12.1. The number of nitrogens with two attached hydrogens (primary N) is 1. The second kappa shape index (κ2) is 10.4. The van der Waals surface area contributed by atoms with Gasteiger partial charge in [-0.2, -0.15) is 0 Å². The number of carbonyl (C=O) groups is 2. The fourth-order valence-electron chi connectivity index (χ4n) is 4.34. The second-order valence-electron chi connectivity index (χ2n) is 9.27. The van der Waals surface area contributed by atoms with Gasteiger partial charge in [0, 0.05) is 19.1 Å². The Morgan fingerprint density at radius 2 is 2.00 bits per heavy atom. The molecule has 2 amide bonds. The number of hydrogen-bond donors (Lipinski definition) is 3. The summed E-state index contributed by atoms with van der Waals surface area (Å²) in [4.78, 5) is 31.4. The summed E-state index contributed by atoms with van der Waals surface area (Å²) in [7, 11) is 0. The molecule has 2 aliphatic rings. The van der Waals surface area contributed by atoms with Crippen LogP contribution in [0.3, 0.4) is 0 Å². The molecule has 2 aromatic rings. The van der Waals surface area contributed by atoms with E-state index in [0.717, 1.165) is 31.2 Å². The van der Waals surface area contributed by atoms with Crippen molar-refractivity contribution in [1.82, 2.24) is 14.9 Å². The molecule has 35 heavy (non-hydrogen) atoms. The zero-order chi connectivity index (χ0) is 25.1. The van der Waals surface area contributed by atoms with Gasteiger partial charge in [0.15, 0.2) is 5.84 Å². The van der Waals surface area contributed by atoms with E-state index in [1.54, 1.807) is 23.1 Å². The van der Waals surface area contributed by atoms with Crippen LogP contribution in [0.15, 0.2) is 30.3 Å². The first-order valence-electron chi connectivity index (χ1n) is 11.9. The van der Waals surface area contributed by atoms with Crippen LogP contribution in [0.25, 0.3) is 0 Å². The molecular weight excluding hydrogens is 451 g/mol. The van der Waals surface area contributed by atoms with Crippen LogP contribution < -0.4 is 11.2 Å². The number of rotatable bonds is 5. The number of halogens is 1. The van der Waals surface area contributed by atoms with E-state index in [1.807, 2.05) is 13.8 Å². The van der Waals surface area contributed by atoms with E-state index in [2.05, 4.69) is 10.3 Å². The first-order chi connectivity index (χ1) is 16.7. The number of carbonyl (C=O) groups excluding carboxylic acids is 2. The number of nitrogens with one attached hydrogen (secondary N) is 2. The number of ether oxygens (including phenoxy) is 1. The van der Waals surface area contributed by atoms with Gasteiger partial charge in [-0.05, 0) is 81.3 Å². The van der Waals surface area contributed by atoms with Crippen LogP contribution in [-0.2, 0) is 17.7 Å². The van der Waals surface area contributed by atoms with Crippen LogP contribution >= 0.6 is 0 Å². The van der Waals surface area contributed by atoms with Crippen molar-refractivity contribution in [2.75, 3.05) is 11.9 Å². The van der Waals surface area contributed by atoms with Gasteiger partial charge in [-0.25, -0.2) is 20.0 Å². The number of nitrogens with zero attached hydrogens (tertiary/aromatic N) is 3. The molecule has 1 aliphatic carbocycles. The summed E-state index contributed by atoms with van der Waals surface area (Å²) in [6.07, 6.45) is 4.01. The van der Waals surface area contributed by atoms with Gasteiger partial charge in [0.2, 0.25) is 0 Å². The first-order valence-corrected chi connectivity index (χ1v) is 11.9. The summed E-state index contributed by atoms with van der Waals surface area (Å²) in [5.74, 6) is 4.76. The number of hydrogen-bond acceptors (Lipinski definition) is 6. The van der Waals surface area contributed by atoms with Gasteiger partial charge in [0.25, 0.3) is 5.91 Å². The fraction of sp³-hybridized carbons (Fsp3) is 0.440. The van der Waals surface area contributed by atoms with Crippen molar-refractivity contribution >= 4 is 23.7 Å². The van der Waals surface area contributed by atoms with E-state index >= 15 is 0 Å². The van der Waals surface area contributed by atoms with E-state index < -0.39 is 11.7 Å². The minimum absolute atomic E-state index is 0.000594. The largest absolute Gasteiger partial charge is 0.446 e. The van der Waals surface area contributed by atoms with Crippen molar-refractivity contribution in [2.24, 2.45) is 5.84 Å². The topological polar surface area (TPSA) is 125 Å². The maximum Gasteiger partial charge on any atom is 0.410 e. The van der Waals surface area contributed by atoms with Gasteiger partial charge in [0.05, 0.1) is 5.56 Å². The van der Waals surface area contributed by atoms with Crippen molar-refractivity contribution in [2.45, 2.75) is 64.6 Å². The Labute approximate surface area is 203 Å². The molecule has 9 nitrogen and oxygen atoms in total. The third-order valence-corrected chi connectivity index (χ3v) is 6.42. The molecule has 186 valence electrons. The molecule has 1 saturated carbocycles. The fourth-order valence-corrected chi connectivity index (χ4v) is 4.34. The van der Waals surface area contributed by atoms with Crippen LogP contribution in [0, 0.1) is 11.2 Å². The zero-order valence-corrected chi connectivity index (χ0v) is 20.0. The Kier molecular flexibility index (Phi) is 7.30. The van der Waals surface area contributed by atoms with Gasteiger partial charge >= 0.3 is 6.09 Å². The average Bonchev–Trinajstić information content (AvgIpc) is 3.35.